The highest BCUT2D eigenvalue weighted by atomic mass is 32.1. The number of nitrogens with zero attached hydrogens (tertiary/aromatic N) is 2. The maximum absolute atomic E-state index is 12.9. The minimum Gasteiger partial charge on any atom is -0.378 e. The third-order valence-electron chi connectivity index (χ3n) is 3.64. The summed E-state index contributed by atoms with van der Waals surface area (Å²) in [5.41, 5.74) is 3.07. The third-order valence-corrected chi connectivity index (χ3v) is 3.91. The Bertz CT molecular complexity index is 834. The first kappa shape index (κ1) is 15.4. The fourth-order valence-corrected chi connectivity index (χ4v) is 2.60. The Balaban J connectivity index is 1.83. The molecule has 0 aliphatic heterocycles. The number of hydrogen-bond acceptors (Lipinski definition) is 3. The van der Waals surface area contributed by atoms with Crippen molar-refractivity contribution in [1.82, 2.24) is 14.8 Å². The van der Waals surface area contributed by atoms with Crippen LogP contribution in [0.25, 0.3) is 5.69 Å². The van der Waals surface area contributed by atoms with E-state index in [1.54, 1.807) is 12.1 Å². The van der Waals surface area contributed by atoms with Crippen LogP contribution in [0.3, 0.4) is 0 Å². The van der Waals surface area contributed by atoms with Gasteiger partial charge in [-0.15, -0.1) is 0 Å². The predicted octanol–water partition coefficient (Wildman–Crippen LogP) is 4.24. The maximum Gasteiger partial charge on any atom is 0.199 e. The van der Waals surface area contributed by atoms with Gasteiger partial charge in [-0.25, -0.2) is 4.39 Å². The van der Waals surface area contributed by atoms with E-state index >= 15 is 0 Å². The van der Waals surface area contributed by atoms with E-state index in [2.05, 4.69) is 34.6 Å². The molecule has 0 spiro atoms. The number of nitrogens with one attached hydrogen (secondary N) is 2. The molecule has 3 aromatic rings. The molecule has 2 N–H and O–H groups in total. The lowest BCUT2D eigenvalue weighted by Crippen LogP contribution is -2.07. The summed E-state index contributed by atoms with van der Waals surface area (Å²) in [6.07, 6.45) is 0.996. The third kappa shape index (κ3) is 3.48. The Kier molecular flexibility index (Phi) is 4.52. The van der Waals surface area contributed by atoms with Crippen molar-refractivity contribution in [3.05, 3.63) is 70.5 Å². The van der Waals surface area contributed by atoms with Gasteiger partial charge >= 0.3 is 0 Å². The highest BCUT2D eigenvalue weighted by Crippen LogP contribution is 2.15. The van der Waals surface area contributed by atoms with Crippen LogP contribution in [0.5, 0.6) is 0 Å². The summed E-state index contributed by atoms with van der Waals surface area (Å²) in [6.45, 7) is 2.60. The second-order valence-electron chi connectivity index (χ2n) is 5.16. The van der Waals surface area contributed by atoms with Crippen molar-refractivity contribution >= 4 is 17.9 Å². The second kappa shape index (κ2) is 6.75. The van der Waals surface area contributed by atoms with E-state index < -0.39 is 0 Å². The average molecular weight is 328 g/mol. The largest absolute Gasteiger partial charge is 0.378 e. The fraction of sp³-hybridized carbons (Fsp3) is 0.176. The van der Waals surface area contributed by atoms with Crippen LogP contribution in [-0.4, -0.2) is 14.8 Å². The molecule has 1 aromatic heterocycles. The molecule has 2 aromatic carbocycles. The second-order valence-corrected chi connectivity index (χ2v) is 5.55. The van der Waals surface area contributed by atoms with E-state index in [0.29, 0.717) is 11.3 Å². The molecule has 23 heavy (non-hydrogen) atoms. The Morgan fingerprint density at radius 3 is 2.48 bits per heavy atom. The molecule has 0 aliphatic carbocycles. The van der Waals surface area contributed by atoms with Crippen LogP contribution in [0.15, 0.2) is 48.5 Å². The van der Waals surface area contributed by atoms with Crippen molar-refractivity contribution in [1.29, 1.82) is 0 Å². The molecule has 3 rings (SSSR count). The van der Waals surface area contributed by atoms with Crippen molar-refractivity contribution in [2.24, 2.45) is 0 Å². The predicted molar refractivity (Wildman–Crippen MR) is 91.9 cm³/mol. The van der Waals surface area contributed by atoms with E-state index in [0.717, 1.165) is 23.6 Å². The molecule has 0 radical (unpaired) electrons. The van der Waals surface area contributed by atoms with Gasteiger partial charge in [0.15, 0.2) is 10.6 Å². The lowest BCUT2D eigenvalue weighted by Gasteiger charge is -2.09. The summed E-state index contributed by atoms with van der Waals surface area (Å²) in [7, 11) is 0. The minimum absolute atomic E-state index is 0.255. The molecular formula is C17H17FN4S. The van der Waals surface area contributed by atoms with Crippen LogP contribution in [0, 0.1) is 10.6 Å². The van der Waals surface area contributed by atoms with Gasteiger partial charge in [0.2, 0.25) is 0 Å². The molecule has 4 nitrogen and oxygen atoms in total. The van der Waals surface area contributed by atoms with E-state index in [9.17, 15) is 4.39 Å². The van der Waals surface area contributed by atoms with Crippen molar-refractivity contribution in [2.45, 2.75) is 19.9 Å². The number of aromatic nitrogens is 3. The number of halogens is 1. The Morgan fingerprint density at radius 2 is 1.83 bits per heavy atom. The van der Waals surface area contributed by atoms with Gasteiger partial charge in [-0.05, 0) is 60.6 Å². The van der Waals surface area contributed by atoms with Crippen LogP contribution in [0.2, 0.25) is 0 Å². The lowest BCUT2D eigenvalue weighted by molar-refractivity contribution is 0.628. The van der Waals surface area contributed by atoms with Crippen molar-refractivity contribution in [3.8, 4) is 5.69 Å². The molecular weight excluding hydrogens is 311 g/mol. The molecule has 0 saturated heterocycles. The number of H-pyrrole nitrogens is 1. The Labute approximate surface area is 139 Å². The Morgan fingerprint density at radius 1 is 1.13 bits per heavy atom. The quantitative estimate of drug-likeness (QED) is 0.689. The first-order chi connectivity index (χ1) is 11.2. The topological polar surface area (TPSA) is 45.6 Å². The molecule has 0 aliphatic rings. The van der Waals surface area contributed by atoms with E-state index in [1.807, 2.05) is 16.7 Å². The van der Waals surface area contributed by atoms with Crippen LogP contribution in [-0.2, 0) is 13.0 Å². The van der Waals surface area contributed by atoms with Crippen LogP contribution in [0.4, 0.5) is 10.1 Å². The highest BCUT2D eigenvalue weighted by molar-refractivity contribution is 7.71. The summed E-state index contributed by atoms with van der Waals surface area (Å²) in [5, 5.41) is 10.3. The summed E-state index contributed by atoms with van der Waals surface area (Å²) >= 11 is 5.33. The number of aryl methyl sites for hydroxylation is 1. The van der Waals surface area contributed by atoms with Gasteiger partial charge in [0.1, 0.15) is 5.82 Å². The first-order valence-corrected chi connectivity index (χ1v) is 7.83. The fourth-order valence-electron chi connectivity index (χ4n) is 2.34. The normalized spacial score (nSPS) is 10.7. The molecule has 0 amide bonds. The van der Waals surface area contributed by atoms with Gasteiger partial charge in [0.25, 0.3) is 0 Å². The smallest absolute Gasteiger partial charge is 0.199 e. The summed E-state index contributed by atoms with van der Waals surface area (Å²) in [6, 6.07) is 14.5. The minimum atomic E-state index is -0.255. The summed E-state index contributed by atoms with van der Waals surface area (Å²) in [5.74, 6) is 0.512. The molecule has 0 saturated carbocycles. The molecule has 118 valence electrons. The van der Waals surface area contributed by atoms with Crippen molar-refractivity contribution in [3.63, 3.8) is 0 Å². The molecule has 6 heteroatoms. The van der Waals surface area contributed by atoms with Gasteiger partial charge < -0.3 is 5.32 Å². The zero-order valence-corrected chi connectivity index (χ0v) is 13.5. The molecule has 0 atom stereocenters. The lowest BCUT2D eigenvalue weighted by atomic mass is 10.1. The van der Waals surface area contributed by atoms with Crippen LogP contribution >= 0.6 is 12.2 Å². The van der Waals surface area contributed by atoms with E-state index in [1.165, 1.54) is 17.7 Å². The van der Waals surface area contributed by atoms with Gasteiger partial charge in [-0.1, -0.05) is 19.1 Å². The summed E-state index contributed by atoms with van der Waals surface area (Å²) < 4.78 is 15.4. The number of rotatable bonds is 5. The molecule has 1 heterocycles. The zero-order chi connectivity index (χ0) is 16.2. The molecule has 0 fully saturated rings. The van der Waals surface area contributed by atoms with Crippen LogP contribution in [0.1, 0.15) is 18.3 Å². The maximum atomic E-state index is 12.9. The van der Waals surface area contributed by atoms with Gasteiger partial charge in [0.05, 0.1) is 6.54 Å². The van der Waals surface area contributed by atoms with Crippen molar-refractivity contribution in [2.75, 3.05) is 5.32 Å². The number of aromatic amines is 1. The monoisotopic (exact) mass is 328 g/mol. The van der Waals surface area contributed by atoms with Gasteiger partial charge in [-0.3, -0.25) is 9.67 Å². The van der Waals surface area contributed by atoms with Crippen LogP contribution < -0.4 is 5.32 Å². The first-order valence-electron chi connectivity index (χ1n) is 7.42. The standard InChI is InChI=1S/C17H17FN4S/c1-2-12-3-9-15(10-4-12)22-16(20-21-17(22)23)11-19-14-7-5-13(18)6-8-14/h3-10,19H,2,11H2,1H3,(H,21,23). The number of hydrogen-bond donors (Lipinski definition) is 2. The Hall–Kier alpha value is -2.47. The van der Waals surface area contributed by atoms with Crippen molar-refractivity contribution < 1.29 is 4.39 Å². The number of benzene rings is 2. The molecule has 0 bridgehead atoms. The van der Waals surface area contributed by atoms with Gasteiger partial charge in [-0.2, -0.15) is 5.10 Å². The van der Waals surface area contributed by atoms with E-state index in [-0.39, 0.29) is 5.82 Å². The van der Waals surface area contributed by atoms with E-state index in [4.69, 9.17) is 12.2 Å². The SMILES string of the molecule is CCc1ccc(-n2c(CNc3ccc(F)cc3)n[nH]c2=S)cc1. The average Bonchev–Trinajstić information content (AvgIpc) is 2.95. The summed E-state index contributed by atoms with van der Waals surface area (Å²) in [4.78, 5) is 0. The zero-order valence-electron chi connectivity index (χ0n) is 12.7. The number of anilines is 1. The van der Waals surface area contributed by atoms with Gasteiger partial charge in [0, 0.05) is 11.4 Å². The molecule has 0 unspecified atom stereocenters. The highest BCUT2D eigenvalue weighted by Gasteiger charge is 2.08.